The molecule has 1 rings (SSSR count). The molecule has 0 saturated heterocycles. The maximum absolute atomic E-state index is 4.11. The highest BCUT2D eigenvalue weighted by Crippen LogP contribution is 2.15. The van der Waals surface area contributed by atoms with E-state index in [4.69, 9.17) is 0 Å². The maximum Gasteiger partial charge on any atom is 0.170 e. The Hall–Kier alpha value is 0.410. The predicted octanol–water partition coefficient (Wildman–Crippen LogP) is 2.17. The zero-order valence-corrected chi connectivity index (χ0v) is 8.80. The Morgan fingerprint density at radius 1 is 1.56 bits per heavy atom. The fourth-order valence-corrected chi connectivity index (χ4v) is 2.15. The first kappa shape index (κ1) is 7.52. The Labute approximate surface area is 80.8 Å². The van der Waals surface area contributed by atoms with Gasteiger partial charge in [-0.05, 0) is 51.3 Å². The number of amidine groups is 1. The lowest BCUT2D eigenvalue weighted by molar-refractivity contribution is 1.18. The molecule has 0 atom stereocenters. The van der Waals surface area contributed by atoms with Crippen LogP contribution in [0.1, 0.15) is 0 Å². The van der Waals surface area contributed by atoms with Crippen LogP contribution < -0.4 is 5.32 Å². The molecular formula is C5H4I2N2. The van der Waals surface area contributed by atoms with E-state index in [1.807, 2.05) is 6.08 Å². The second kappa shape index (κ2) is 3.00. The van der Waals surface area contributed by atoms with Crippen molar-refractivity contribution in [1.82, 2.24) is 5.32 Å². The van der Waals surface area contributed by atoms with Crippen LogP contribution in [-0.4, -0.2) is 3.84 Å². The van der Waals surface area contributed by atoms with Crippen molar-refractivity contribution in [3.8, 4) is 0 Å². The summed E-state index contributed by atoms with van der Waals surface area (Å²) in [4.78, 5) is 4.11. The summed E-state index contributed by atoms with van der Waals surface area (Å²) in [5, 5.41) is 2.97. The quantitative estimate of drug-likeness (QED) is 0.528. The number of hydrogen-bond donors (Lipinski definition) is 1. The van der Waals surface area contributed by atoms with Gasteiger partial charge >= 0.3 is 0 Å². The van der Waals surface area contributed by atoms with E-state index in [0.717, 1.165) is 13.2 Å². The van der Waals surface area contributed by atoms with E-state index < -0.39 is 0 Å². The van der Waals surface area contributed by atoms with Gasteiger partial charge in [0.2, 0.25) is 0 Å². The fourth-order valence-electron chi connectivity index (χ4n) is 0.466. The molecule has 0 bridgehead atoms. The topological polar surface area (TPSA) is 24.4 Å². The van der Waals surface area contributed by atoms with Crippen molar-refractivity contribution in [2.45, 2.75) is 0 Å². The third-order valence-corrected chi connectivity index (χ3v) is 1.83. The SMILES string of the molecule is C=C1C=C(I)N=C(I)N1. The van der Waals surface area contributed by atoms with Crippen LogP contribution in [0, 0.1) is 0 Å². The summed E-state index contributed by atoms with van der Waals surface area (Å²) in [7, 11) is 0. The Morgan fingerprint density at radius 2 is 2.22 bits per heavy atom. The molecule has 0 fully saturated rings. The molecule has 2 nitrogen and oxygen atoms in total. The Morgan fingerprint density at radius 3 is 2.67 bits per heavy atom. The molecular weight excluding hydrogens is 342 g/mol. The maximum atomic E-state index is 4.11. The predicted molar refractivity (Wildman–Crippen MR) is 55.8 cm³/mol. The monoisotopic (exact) mass is 346 g/mol. The summed E-state index contributed by atoms with van der Waals surface area (Å²) in [6.07, 6.45) is 1.89. The number of rotatable bonds is 0. The lowest BCUT2D eigenvalue weighted by atomic mass is 10.4. The number of allylic oxidation sites excluding steroid dienone is 1. The molecule has 0 saturated carbocycles. The summed E-state index contributed by atoms with van der Waals surface area (Å²) >= 11 is 4.27. The van der Waals surface area contributed by atoms with Crippen LogP contribution >= 0.6 is 45.2 Å². The average Bonchev–Trinajstić information content (AvgIpc) is 1.59. The van der Waals surface area contributed by atoms with Crippen molar-refractivity contribution in [2.75, 3.05) is 0 Å². The first-order chi connectivity index (χ1) is 4.18. The molecule has 0 unspecified atom stereocenters. The summed E-state index contributed by atoms with van der Waals surface area (Å²) in [5.41, 5.74) is 0.902. The second-order valence-corrected chi connectivity index (χ2v) is 3.65. The van der Waals surface area contributed by atoms with E-state index in [0.29, 0.717) is 0 Å². The van der Waals surface area contributed by atoms with Crippen molar-refractivity contribution in [3.63, 3.8) is 0 Å². The Kier molecular flexibility index (Phi) is 2.50. The molecule has 0 aromatic heterocycles. The van der Waals surface area contributed by atoms with Crippen molar-refractivity contribution in [2.24, 2.45) is 4.99 Å². The Bertz CT molecular complexity index is 205. The van der Waals surface area contributed by atoms with Gasteiger partial charge in [-0.25, -0.2) is 4.99 Å². The molecule has 0 radical (unpaired) electrons. The highest BCUT2D eigenvalue weighted by Gasteiger charge is 2.01. The molecule has 0 aromatic carbocycles. The minimum absolute atomic E-state index is 0.879. The van der Waals surface area contributed by atoms with Gasteiger partial charge < -0.3 is 5.32 Å². The number of nitrogens with zero attached hydrogens (tertiary/aromatic N) is 1. The van der Waals surface area contributed by atoms with Crippen LogP contribution in [0.5, 0.6) is 0 Å². The zero-order valence-electron chi connectivity index (χ0n) is 4.49. The van der Waals surface area contributed by atoms with Crippen molar-refractivity contribution in [1.29, 1.82) is 0 Å². The van der Waals surface area contributed by atoms with Crippen LogP contribution in [0.15, 0.2) is 27.0 Å². The number of nitrogens with one attached hydrogen (secondary N) is 1. The lowest BCUT2D eigenvalue weighted by Crippen LogP contribution is -2.17. The van der Waals surface area contributed by atoms with Crippen molar-refractivity contribution in [3.05, 3.63) is 22.1 Å². The van der Waals surface area contributed by atoms with E-state index in [-0.39, 0.29) is 0 Å². The first-order valence-electron chi connectivity index (χ1n) is 2.26. The third kappa shape index (κ3) is 2.24. The third-order valence-electron chi connectivity index (χ3n) is 0.762. The standard InChI is InChI=1S/C5H4I2N2/c1-3-2-4(6)9-5(7)8-3/h2H,1H2,(H,8,9). The molecule has 1 aliphatic heterocycles. The van der Waals surface area contributed by atoms with E-state index in [2.05, 4.69) is 62.1 Å². The van der Waals surface area contributed by atoms with Crippen LogP contribution in [0.2, 0.25) is 0 Å². The van der Waals surface area contributed by atoms with E-state index in [9.17, 15) is 0 Å². The summed E-state index contributed by atoms with van der Waals surface area (Å²) < 4.78 is 1.85. The van der Waals surface area contributed by atoms with Crippen LogP contribution in [0.3, 0.4) is 0 Å². The second-order valence-electron chi connectivity index (χ2n) is 1.52. The van der Waals surface area contributed by atoms with Gasteiger partial charge in [0.05, 0.1) is 0 Å². The molecule has 4 heteroatoms. The van der Waals surface area contributed by atoms with Crippen LogP contribution in [-0.2, 0) is 0 Å². The van der Waals surface area contributed by atoms with Gasteiger partial charge in [-0.2, -0.15) is 0 Å². The number of aliphatic imine (C=N–C) groups is 1. The van der Waals surface area contributed by atoms with E-state index >= 15 is 0 Å². The normalized spacial score (nSPS) is 18.2. The molecule has 1 heterocycles. The molecule has 0 aromatic rings. The van der Waals surface area contributed by atoms with E-state index in [1.54, 1.807) is 0 Å². The summed E-state index contributed by atoms with van der Waals surface area (Å²) in [5.74, 6) is 0. The summed E-state index contributed by atoms with van der Waals surface area (Å²) in [6.45, 7) is 3.74. The van der Waals surface area contributed by atoms with Gasteiger partial charge in [0.15, 0.2) is 3.84 Å². The molecule has 0 amide bonds. The van der Waals surface area contributed by atoms with Gasteiger partial charge in [-0.3, -0.25) is 0 Å². The minimum Gasteiger partial charge on any atom is -0.336 e. The highest BCUT2D eigenvalue weighted by molar-refractivity contribution is 14.1. The van der Waals surface area contributed by atoms with Crippen molar-refractivity contribution >= 4 is 49.0 Å². The van der Waals surface area contributed by atoms with Crippen LogP contribution in [0.25, 0.3) is 0 Å². The van der Waals surface area contributed by atoms with Gasteiger partial charge in [0.25, 0.3) is 0 Å². The average molecular weight is 346 g/mol. The molecule has 9 heavy (non-hydrogen) atoms. The molecule has 0 aliphatic carbocycles. The smallest absolute Gasteiger partial charge is 0.170 e. The van der Waals surface area contributed by atoms with Gasteiger partial charge in [0, 0.05) is 5.70 Å². The van der Waals surface area contributed by atoms with Gasteiger partial charge in [-0.15, -0.1) is 0 Å². The van der Waals surface area contributed by atoms with Crippen LogP contribution in [0.4, 0.5) is 0 Å². The molecule has 1 aliphatic rings. The fraction of sp³-hybridized carbons (Fsp3) is 0. The number of hydrogen-bond acceptors (Lipinski definition) is 2. The largest absolute Gasteiger partial charge is 0.336 e. The summed E-state index contributed by atoms with van der Waals surface area (Å²) in [6, 6.07) is 0. The van der Waals surface area contributed by atoms with E-state index in [1.165, 1.54) is 0 Å². The molecule has 1 N–H and O–H groups in total. The first-order valence-corrected chi connectivity index (χ1v) is 4.41. The number of halogens is 2. The van der Waals surface area contributed by atoms with Gasteiger partial charge in [0.1, 0.15) is 3.70 Å². The molecule has 0 spiro atoms. The van der Waals surface area contributed by atoms with Gasteiger partial charge in [-0.1, -0.05) is 6.58 Å². The Balaban J connectivity index is 2.86. The zero-order chi connectivity index (χ0) is 6.85. The highest BCUT2D eigenvalue weighted by atomic mass is 127. The lowest BCUT2D eigenvalue weighted by Gasteiger charge is -2.07. The minimum atomic E-state index is 0.879. The van der Waals surface area contributed by atoms with Crippen molar-refractivity contribution < 1.29 is 0 Å². The molecule has 48 valence electrons.